The second kappa shape index (κ2) is 4.76. The first kappa shape index (κ1) is 13.7. The van der Waals surface area contributed by atoms with Crippen LogP contribution in [-0.4, -0.2) is 45.6 Å². The maximum Gasteiger partial charge on any atom is 0.182 e. The number of rotatable bonds is 4. The van der Waals surface area contributed by atoms with Gasteiger partial charge in [-0.05, 0) is 42.5 Å². The fourth-order valence-corrected chi connectivity index (χ4v) is 2.96. The largest absolute Gasteiger partial charge is 0.485 e. The zero-order valence-electron chi connectivity index (χ0n) is 12.8. The van der Waals surface area contributed by atoms with Gasteiger partial charge in [-0.1, -0.05) is 0 Å². The number of epoxide rings is 1. The summed E-state index contributed by atoms with van der Waals surface area (Å²) in [6.45, 7) is 5.29. The van der Waals surface area contributed by atoms with Gasteiger partial charge < -0.3 is 14.2 Å². The second-order valence-electron chi connectivity index (χ2n) is 6.15. The second-order valence-corrected chi connectivity index (χ2v) is 6.15. The van der Waals surface area contributed by atoms with Crippen LogP contribution in [0.25, 0.3) is 11.4 Å². The average molecular weight is 302 g/mol. The van der Waals surface area contributed by atoms with Gasteiger partial charge in [0.2, 0.25) is 0 Å². The summed E-state index contributed by atoms with van der Waals surface area (Å²) in [5, 5.41) is 11.9. The van der Waals surface area contributed by atoms with Gasteiger partial charge in [0.25, 0.3) is 0 Å². The van der Waals surface area contributed by atoms with Crippen molar-refractivity contribution in [3.8, 4) is 17.1 Å². The van der Waals surface area contributed by atoms with E-state index in [1.807, 2.05) is 12.1 Å². The summed E-state index contributed by atoms with van der Waals surface area (Å²) in [5.41, 5.74) is 1.75. The van der Waals surface area contributed by atoms with Crippen LogP contribution in [0, 0.1) is 0 Å². The van der Waals surface area contributed by atoms with Crippen LogP contribution in [-0.2, 0) is 16.0 Å². The SMILES string of the molecule is COCCn1nnnc1-c1ccc2c(c1)[C@@H]1O[C@@H]1C(C)(C)O2. The summed E-state index contributed by atoms with van der Waals surface area (Å²) in [4.78, 5) is 0. The van der Waals surface area contributed by atoms with Gasteiger partial charge in [0.15, 0.2) is 5.82 Å². The maximum absolute atomic E-state index is 6.04. The summed E-state index contributed by atoms with van der Waals surface area (Å²) in [6.07, 6.45) is 0.238. The van der Waals surface area contributed by atoms with Crippen molar-refractivity contribution in [3.63, 3.8) is 0 Å². The quantitative estimate of drug-likeness (QED) is 0.799. The standard InChI is InChI=1S/C15H18N4O3/c1-15(2)13-12(21-13)10-8-9(4-5-11(10)22-15)14-16-17-18-19(14)6-7-20-3/h4-5,8,12-13H,6-7H2,1-3H3/t12-,13-/m0/s1. The lowest BCUT2D eigenvalue weighted by Gasteiger charge is -2.29. The molecule has 0 bridgehead atoms. The predicted octanol–water partition coefficient (Wildman–Crippen LogP) is 1.60. The van der Waals surface area contributed by atoms with Crippen LogP contribution in [0.1, 0.15) is 25.5 Å². The third-order valence-electron chi connectivity index (χ3n) is 4.16. The smallest absolute Gasteiger partial charge is 0.182 e. The number of fused-ring (bicyclic) bond motifs is 3. The van der Waals surface area contributed by atoms with Crippen molar-refractivity contribution in [2.45, 2.75) is 38.2 Å². The highest BCUT2D eigenvalue weighted by Gasteiger charge is 2.56. The fraction of sp³-hybridized carbons (Fsp3) is 0.533. The van der Waals surface area contributed by atoms with Gasteiger partial charge in [0.05, 0.1) is 13.2 Å². The Hall–Kier alpha value is -1.99. The molecule has 0 amide bonds. The Kier molecular flexibility index (Phi) is 2.95. The minimum Gasteiger partial charge on any atom is -0.485 e. The Balaban J connectivity index is 1.69. The molecule has 0 saturated carbocycles. The van der Waals surface area contributed by atoms with Crippen LogP contribution < -0.4 is 4.74 Å². The van der Waals surface area contributed by atoms with E-state index in [4.69, 9.17) is 14.2 Å². The lowest BCUT2D eigenvalue weighted by atomic mass is 9.93. The van der Waals surface area contributed by atoms with Gasteiger partial charge in [0.1, 0.15) is 23.6 Å². The molecule has 22 heavy (non-hydrogen) atoms. The van der Waals surface area contributed by atoms with Crippen molar-refractivity contribution < 1.29 is 14.2 Å². The molecule has 3 heterocycles. The van der Waals surface area contributed by atoms with Crippen molar-refractivity contribution in [1.29, 1.82) is 0 Å². The number of aromatic nitrogens is 4. The molecule has 0 N–H and O–H groups in total. The highest BCUT2D eigenvalue weighted by Crippen LogP contribution is 2.54. The summed E-state index contributed by atoms with van der Waals surface area (Å²) in [5.74, 6) is 1.60. The molecule has 2 atom stereocenters. The van der Waals surface area contributed by atoms with E-state index in [-0.39, 0.29) is 17.8 Å². The first-order valence-electron chi connectivity index (χ1n) is 7.34. The molecule has 4 rings (SSSR count). The van der Waals surface area contributed by atoms with E-state index >= 15 is 0 Å². The number of nitrogens with zero attached hydrogens (tertiary/aromatic N) is 4. The minimum absolute atomic E-state index is 0.113. The first-order chi connectivity index (χ1) is 10.6. The van der Waals surface area contributed by atoms with Crippen molar-refractivity contribution in [2.75, 3.05) is 13.7 Å². The highest BCUT2D eigenvalue weighted by atomic mass is 16.6. The molecule has 1 saturated heterocycles. The van der Waals surface area contributed by atoms with Gasteiger partial charge in [-0.15, -0.1) is 5.10 Å². The van der Waals surface area contributed by atoms with Crippen LogP contribution in [0.3, 0.4) is 0 Å². The fourth-order valence-electron chi connectivity index (χ4n) is 2.96. The molecule has 2 aliphatic rings. The van der Waals surface area contributed by atoms with Gasteiger partial charge in [-0.2, -0.15) is 0 Å². The topological polar surface area (TPSA) is 74.6 Å². The Morgan fingerprint density at radius 3 is 3.05 bits per heavy atom. The molecule has 7 heteroatoms. The molecule has 2 aromatic rings. The molecule has 7 nitrogen and oxygen atoms in total. The molecule has 116 valence electrons. The lowest BCUT2D eigenvalue weighted by molar-refractivity contribution is 0.0725. The highest BCUT2D eigenvalue weighted by molar-refractivity contribution is 5.60. The Morgan fingerprint density at radius 1 is 1.36 bits per heavy atom. The number of ether oxygens (including phenoxy) is 3. The Labute approximate surface area is 128 Å². The number of methoxy groups -OCH3 is 1. The van der Waals surface area contributed by atoms with E-state index in [2.05, 4.69) is 35.4 Å². The van der Waals surface area contributed by atoms with Crippen LogP contribution in [0.5, 0.6) is 5.75 Å². The van der Waals surface area contributed by atoms with E-state index in [0.29, 0.717) is 13.2 Å². The van der Waals surface area contributed by atoms with E-state index < -0.39 is 0 Å². The normalized spacial score (nSPS) is 24.3. The summed E-state index contributed by atoms with van der Waals surface area (Å²) in [6, 6.07) is 6.01. The maximum atomic E-state index is 6.04. The monoisotopic (exact) mass is 302 g/mol. The van der Waals surface area contributed by atoms with Gasteiger partial charge in [-0.25, -0.2) is 4.68 Å². The zero-order chi connectivity index (χ0) is 15.3. The molecule has 1 aromatic heterocycles. The third-order valence-corrected chi connectivity index (χ3v) is 4.16. The van der Waals surface area contributed by atoms with E-state index in [1.54, 1.807) is 11.8 Å². The molecule has 1 fully saturated rings. The molecular weight excluding hydrogens is 284 g/mol. The number of tetrazole rings is 1. The summed E-state index contributed by atoms with van der Waals surface area (Å²) in [7, 11) is 1.66. The van der Waals surface area contributed by atoms with Crippen LogP contribution in [0.15, 0.2) is 18.2 Å². The first-order valence-corrected chi connectivity index (χ1v) is 7.34. The molecule has 0 radical (unpaired) electrons. The van der Waals surface area contributed by atoms with Crippen molar-refractivity contribution in [1.82, 2.24) is 20.2 Å². The third kappa shape index (κ3) is 2.08. The summed E-state index contributed by atoms with van der Waals surface area (Å²) < 4.78 is 18.6. The van der Waals surface area contributed by atoms with Crippen LogP contribution >= 0.6 is 0 Å². The molecule has 0 spiro atoms. The van der Waals surface area contributed by atoms with Gasteiger partial charge >= 0.3 is 0 Å². The molecule has 0 aliphatic carbocycles. The van der Waals surface area contributed by atoms with Gasteiger partial charge in [-0.3, -0.25) is 0 Å². The van der Waals surface area contributed by atoms with E-state index in [1.165, 1.54) is 0 Å². The summed E-state index contributed by atoms with van der Waals surface area (Å²) >= 11 is 0. The number of hydrogen-bond acceptors (Lipinski definition) is 6. The van der Waals surface area contributed by atoms with Crippen molar-refractivity contribution >= 4 is 0 Å². The molecular formula is C15H18N4O3. The van der Waals surface area contributed by atoms with Crippen LogP contribution in [0.4, 0.5) is 0 Å². The molecule has 1 aromatic carbocycles. The van der Waals surface area contributed by atoms with Gasteiger partial charge in [0, 0.05) is 18.2 Å². The number of benzene rings is 1. The Morgan fingerprint density at radius 2 is 2.23 bits per heavy atom. The van der Waals surface area contributed by atoms with Crippen molar-refractivity contribution in [2.24, 2.45) is 0 Å². The molecule has 2 aliphatic heterocycles. The average Bonchev–Trinajstić information content (AvgIpc) is 3.18. The van der Waals surface area contributed by atoms with Crippen molar-refractivity contribution in [3.05, 3.63) is 23.8 Å². The predicted molar refractivity (Wildman–Crippen MR) is 77.5 cm³/mol. The number of hydrogen-bond donors (Lipinski definition) is 0. The lowest BCUT2D eigenvalue weighted by Crippen LogP contribution is -2.37. The minimum atomic E-state index is -0.279. The van der Waals surface area contributed by atoms with E-state index in [9.17, 15) is 0 Å². The molecule has 0 unspecified atom stereocenters. The zero-order valence-corrected chi connectivity index (χ0v) is 12.8. The Bertz CT molecular complexity index is 713. The van der Waals surface area contributed by atoms with E-state index in [0.717, 1.165) is 22.7 Å². The van der Waals surface area contributed by atoms with Crippen LogP contribution in [0.2, 0.25) is 0 Å².